The van der Waals surface area contributed by atoms with Gasteiger partial charge in [0.25, 0.3) is 0 Å². The van der Waals surface area contributed by atoms with Gasteiger partial charge >= 0.3 is 18.0 Å². The van der Waals surface area contributed by atoms with Crippen LogP contribution in [0.4, 0.5) is 40.8 Å². The topological polar surface area (TPSA) is 46.2 Å². The van der Waals surface area contributed by atoms with Crippen LogP contribution in [0.1, 0.15) is 36.0 Å². The van der Waals surface area contributed by atoms with E-state index in [1.54, 1.807) is 30.3 Å². The summed E-state index contributed by atoms with van der Waals surface area (Å²) < 4.78 is 136. The van der Waals surface area contributed by atoms with Crippen LogP contribution >= 0.6 is 0 Å². The molecule has 0 spiro atoms. The standard InChI is InChI=1S/C28H23F8NO2S/c29-19-8-10-21(11-9-19)40(38,39)25-15-14-24(37-20-4-2-1-3-5-20)23(25)12-6-17-16-18(7-13-22(17)25)26(30,27(31,32)33)28(34,35)36/h1-5,7-11,13,16,23-24,37H,6,12,14-15H2/t23-,24+,25+/m0/s1. The lowest BCUT2D eigenvalue weighted by atomic mass is 9.74. The zero-order valence-corrected chi connectivity index (χ0v) is 21.5. The Morgan fingerprint density at radius 2 is 1.43 bits per heavy atom. The van der Waals surface area contributed by atoms with Crippen LogP contribution in [0.5, 0.6) is 0 Å². The molecule has 1 N–H and O–H groups in total. The van der Waals surface area contributed by atoms with Crippen LogP contribution < -0.4 is 5.32 Å². The van der Waals surface area contributed by atoms with E-state index in [4.69, 9.17) is 0 Å². The first kappa shape index (κ1) is 28.4. The second kappa shape index (κ2) is 9.46. The molecule has 0 amide bonds. The summed E-state index contributed by atoms with van der Waals surface area (Å²) in [5, 5.41) is 3.32. The molecule has 40 heavy (non-hydrogen) atoms. The van der Waals surface area contributed by atoms with Crippen molar-refractivity contribution in [2.24, 2.45) is 5.92 Å². The molecule has 1 fully saturated rings. The molecular formula is C28H23F8NO2S. The Bertz CT molecular complexity index is 1490. The Morgan fingerprint density at radius 1 is 0.800 bits per heavy atom. The molecule has 5 rings (SSSR count). The van der Waals surface area contributed by atoms with Crippen LogP contribution in [-0.2, 0) is 26.7 Å². The maximum atomic E-state index is 14.9. The monoisotopic (exact) mass is 589 g/mol. The van der Waals surface area contributed by atoms with Crippen LogP contribution in [0.3, 0.4) is 0 Å². The second-order valence-electron chi connectivity index (χ2n) is 10.2. The number of aryl methyl sites for hydroxylation is 1. The molecule has 0 radical (unpaired) electrons. The van der Waals surface area contributed by atoms with Gasteiger partial charge in [-0.15, -0.1) is 0 Å². The average molecular weight is 590 g/mol. The Morgan fingerprint density at radius 3 is 2.02 bits per heavy atom. The third kappa shape index (κ3) is 4.17. The van der Waals surface area contributed by atoms with E-state index in [9.17, 15) is 43.5 Å². The van der Waals surface area contributed by atoms with E-state index in [2.05, 4.69) is 5.32 Å². The maximum absolute atomic E-state index is 14.9. The number of anilines is 1. The Hall–Kier alpha value is -3.15. The normalized spacial score (nSPS) is 23.4. The molecule has 0 bridgehead atoms. The van der Waals surface area contributed by atoms with Gasteiger partial charge in [-0.1, -0.05) is 36.4 Å². The quantitative estimate of drug-likeness (QED) is 0.246. The molecule has 0 saturated heterocycles. The van der Waals surface area contributed by atoms with Gasteiger partial charge in [-0.3, -0.25) is 0 Å². The summed E-state index contributed by atoms with van der Waals surface area (Å²) in [6.45, 7) is 0. The summed E-state index contributed by atoms with van der Waals surface area (Å²) in [6.07, 6.45) is -12.3. The first-order chi connectivity index (χ1) is 18.6. The predicted octanol–water partition coefficient (Wildman–Crippen LogP) is 7.62. The summed E-state index contributed by atoms with van der Waals surface area (Å²) in [7, 11) is -4.37. The van der Waals surface area contributed by atoms with E-state index in [0.29, 0.717) is 24.2 Å². The average Bonchev–Trinajstić information content (AvgIpc) is 3.27. The zero-order chi connectivity index (χ0) is 29.1. The van der Waals surface area contributed by atoms with Crippen molar-refractivity contribution >= 4 is 15.5 Å². The van der Waals surface area contributed by atoms with Crippen LogP contribution in [-0.4, -0.2) is 26.8 Å². The number of hydrogen-bond donors (Lipinski definition) is 1. The van der Waals surface area contributed by atoms with Crippen molar-refractivity contribution in [1.29, 1.82) is 0 Å². The fourth-order valence-corrected chi connectivity index (χ4v) is 8.77. The highest BCUT2D eigenvalue weighted by molar-refractivity contribution is 7.92. The smallest absolute Gasteiger partial charge is 0.382 e. The molecule has 12 heteroatoms. The minimum absolute atomic E-state index is 0.00642. The number of benzene rings is 3. The molecule has 3 atom stereocenters. The number of nitrogens with one attached hydrogen (secondary N) is 1. The van der Waals surface area contributed by atoms with Gasteiger partial charge in [0.05, 0.1) is 4.90 Å². The minimum atomic E-state index is -6.30. The maximum Gasteiger partial charge on any atom is 0.435 e. The first-order valence-electron chi connectivity index (χ1n) is 12.4. The molecule has 2 aliphatic carbocycles. The number of hydrogen-bond acceptors (Lipinski definition) is 3. The van der Waals surface area contributed by atoms with E-state index in [0.717, 1.165) is 30.3 Å². The van der Waals surface area contributed by atoms with Crippen LogP contribution in [0, 0.1) is 11.7 Å². The molecular weight excluding hydrogens is 566 g/mol. The number of fused-ring (bicyclic) bond motifs is 3. The molecule has 0 aromatic heterocycles. The Balaban J connectivity index is 1.68. The highest BCUT2D eigenvalue weighted by Gasteiger charge is 2.73. The third-order valence-corrected chi connectivity index (χ3v) is 10.7. The van der Waals surface area contributed by atoms with Gasteiger partial charge in [0.2, 0.25) is 0 Å². The van der Waals surface area contributed by atoms with Gasteiger partial charge in [0.15, 0.2) is 9.84 Å². The minimum Gasteiger partial charge on any atom is -0.382 e. The number of sulfone groups is 1. The van der Waals surface area contributed by atoms with Crippen LogP contribution in [0.25, 0.3) is 0 Å². The number of halogens is 8. The van der Waals surface area contributed by atoms with Gasteiger partial charge < -0.3 is 5.32 Å². The highest BCUT2D eigenvalue weighted by Crippen LogP contribution is 2.59. The molecule has 0 heterocycles. The van der Waals surface area contributed by atoms with Crippen molar-refractivity contribution in [3.05, 3.63) is 95.3 Å². The van der Waals surface area contributed by atoms with Crippen molar-refractivity contribution in [1.82, 2.24) is 0 Å². The van der Waals surface area contributed by atoms with Crippen molar-refractivity contribution < 1.29 is 43.5 Å². The highest BCUT2D eigenvalue weighted by atomic mass is 32.2. The summed E-state index contributed by atoms with van der Waals surface area (Å²) in [6, 6.07) is 14.4. The van der Waals surface area contributed by atoms with Gasteiger partial charge in [-0.05, 0) is 73.2 Å². The van der Waals surface area contributed by atoms with Gasteiger partial charge in [-0.25, -0.2) is 17.2 Å². The summed E-state index contributed by atoms with van der Waals surface area (Å²) in [5.41, 5.74) is -6.66. The first-order valence-corrected chi connectivity index (χ1v) is 13.9. The van der Waals surface area contributed by atoms with E-state index >= 15 is 0 Å². The number of rotatable bonds is 5. The molecule has 3 nitrogen and oxygen atoms in total. The number of para-hydroxylation sites is 1. The SMILES string of the molecule is O=S(=O)(c1ccc(F)cc1)[C@@]12CC[C@@H](Nc3ccccc3)[C@@H]1CCc1cc(C(F)(C(F)(F)F)C(F)(F)F)ccc12. The van der Waals surface area contributed by atoms with Crippen molar-refractivity contribution in [3.63, 3.8) is 0 Å². The van der Waals surface area contributed by atoms with E-state index in [-0.39, 0.29) is 35.3 Å². The Labute approximate surface area is 225 Å². The second-order valence-corrected chi connectivity index (χ2v) is 12.4. The molecule has 0 aliphatic heterocycles. The van der Waals surface area contributed by atoms with E-state index in [1.165, 1.54) is 0 Å². The van der Waals surface area contributed by atoms with Crippen LogP contribution in [0.15, 0.2) is 77.7 Å². The fourth-order valence-electron chi connectivity index (χ4n) is 6.30. The summed E-state index contributed by atoms with van der Waals surface area (Å²) >= 11 is 0. The molecule has 1 saturated carbocycles. The molecule has 0 unspecified atom stereocenters. The lowest BCUT2D eigenvalue weighted by molar-refractivity contribution is -0.348. The van der Waals surface area contributed by atoms with Crippen molar-refractivity contribution in [3.8, 4) is 0 Å². The lowest BCUT2D eigenvalue weighted by Crippen LogP contribution is -2.51. The van der Waals surface area contributed by atoms with Gasteiger partial charge in [0, 0.05) is 23.2 Å². The summed E-state index contributed by atoms with van der Waals surface area (Å²) in [4.78, 5) is -0.235. The van der Waals surface area contributed by atoms with Gasteiger partial charge in [-0.2, -0.15) is 26.3 Å². The number of alkyl halides is 7. The molecule has 2 aliphatic rings. The molecule has 3 aromatic rings. The van der Waals surface area contributed by atoms with Crippen LogP contribution in [0.2, 0.25) is 0 Å². The van der Waals surface area contributed by atoms with E-state index < -0.39 is 55.9 Å². The fraction of sp³-hybridized carbons (Fsp3) is 0.357. The summed E-state index contributed by atoms with van der Waals surface area (Å²) in [5.74, 6) is -1.32. The largest absolute Gasteiger partial charge is 0.435 e. The zero-order valence-electron chi connectivity index (χ0n) is 20.7. The third-order valence-electron chi connectivity index (χ3n) is 8.11. The Kier molecular flexibility index (Phi) is 6.71. The molecule has 3 aromatic carbocycles. The van der Waals surface area contributed by atoms with Crippen molar-refractivity contribution in [2.75, 3.05) is 5.32 Å². The predicted molar refractivity (Wildman–Crippen MR) is 131 cm³/mol. The van der Waals surface area contributed by atoms with Gasteiger partial charge in [0.1, 0.15) is 10.6 Å². The van der Waals surface area contributed by atoms with Crippen molar-refractivity contribution in [2.45, 2.75) is 59.4 Å². The molecule has 214 valence electrons. The van der Waals surface area contributed by atoms with E-state index in [1.807, 2.05) is 0 Å². The lowest BCUT2D eigenvalue weighted by Gasteiger charge is -2.43.